The number of amides is 1. The van der Waals surface area contributed by atoms with Gasteiger partial charge in [-0.25, -0.2) is 0 Å². The Morgan fingerprint density at radius 3 is 1.90 bits per heavy atom. The molecule has 29 heavy (non-hydrogen) atoms. The van der Waals surface area contributed by atoms with E-state index in [0.29, 0.717) is 49.8 Å². The molecule has 0 aliphatic carbocycles. The lowest BCUT2D eigenvalue weighted by atomic mass is 10.2. The van der Waals surface area contributed by atoms with Crippen LogP contribution in [0.15, 0.2) is 36.9 Å². The summed E-state index contributed by atoms with van der Waals surface area (Å²) in [5, 5.41) is 2.74. The summed E-state index contributed by atoms with van der Waals surface area (Å²) in [7, 11) is 0. The minimum Gasteiger partial charge on any atom is -0.378 e. The summed E-state index contributed by atoms with van der Waals surface area (Å²) in [4.78, 5) is 29.9. The number of aromatic nitrogens is 3. The van der Waals surface area contributed by atoms with E-state index >= 15 is 0 Å². The maximum atomic E-state index is 11.5. The molecule has 4 rings (SSSR count). The molecule has 9 nitrogen and oxygen atoms in total. The first-order valence-corrected chi connectivity index (χ1v) is 9.68. The second-order valence-corrected chi connectivity index (χ2v) is 6.73. The van der Waals surface area contributed by atoms with Crippen molar-refractivity contribution >= 4 is 23.5 Å². The van der Waals surface area contributed by atoms with E-state index in [1.54, 1.807) is 0 Å². The van der Waals surface area contributed by atoms with Crippen molar-refractivity contribution in [3.8, 4) is 11.4 Å². The highest BCUT2D eigenvalue weighted by Gasteiger charge is 2.21. The molecule has 0 saturated carbocycles. The molecule has 0 spiro atoms. The number of hydrogen-bond donors (Lipinski definition) is 1. The minimum atomic E-state index is -0.248. The molecule has 0 atom stereocenters. The number of nitrogens with one attached hydrogen (secondary N) is 1. The normalized spacial score (nSPS) is 17.1. The minimum absolute atomic E-state index is 0.248. The average molecular weight is 396 g/mol. The highest BCUT2D eigenvalue weighted by atomic mass is 16.5. The topological polar surface area (TPSA) is 92.7 Å². The Balaban J connectivity index is 1.65. The summed E-state index contributed by atoms with van der Waals surface area (Å²) in [6, 6.07) is 7.42. The molecule has 9 heteroatoms. The van der Waals surface area contributed by atoms with Gasteiger partial charge in [0.25, 0.3) is 0 Å². The second kappa shape index (κ2) is 8.97. The summed E-state index contributed by atoms with van der Waals surface area (Å²) in [6.07, 6.45) is 1.24. The molecular weight excluding hydrogens is 372 g/mol. The Labute approximate surface area is 169 Å². The molecule has 1 aromatic heterocycles. The quantitative estimate of drug-likeness (QED) is 0.757. The Morgan fingerprint density at radius 2 is 1.41 bits per heavy atom. The first kappa shape index (κ1) is 19.3. The highest BCUT2D eigenvalue weighted by molar-refractivity contribution is 5.98. The third-order valence-electron chi connectivity index (χ3n) is 4.80. The van der Waals surface area contributed by atoms with Crippen LogP contribution in [-0.4, -0.2) is 73.5 Å². The molecule has 1 amide bonds. The van der Waals surface area contributed by atoms with Crippen LogP contribution in [0.1, 0.15) is 0 Å². The van der Waals surface area contributed by atoms with Crippen LogP contribution in [0.25, 0.3) is 11.4 Å². The molecule has 2 aromatic rings. The largest absolute Gasteiger partial charge is 0.378 e. The fourth-order valence-corrected chi connectivity index (χ4v) is 3.19. The van der Waals surface area contributed by atoms with Crippen LogP contribution >= 0.6 is 0 Å². The molecule has 0 unspecified atom stereocenters. The number of anilines is 3. The monoisotopic (exact) mass is 396 g/mol. The van der Waals surface area contributed by atoms with E-state index in [4.69, 9.17) is 24.4 Å². The number of ether oxygens (including phenoxy) is 2. The van der Waals surface area contributed by atoms with E-state index in [0.717, 1.165) is 31.7 Å². The standard InChI is InChI=1S/C20H24N6O3/c1-2-17(27)21-16-5-3-15(4-6-16)18-22-19(25-7-11-28-12-8-25)24-20(23-18)26-9-13-29-14-10-26/h2-6H,1,7-14H2,(H,21,27). The predicted molar refractivity (Wildman–Crippen MR) is 110 cm³/mol. The lowest BCUT2D eigenvalue weighted by Crippen LogP contribution is -2.40. The van der Waals surface area contributed by atoms with Gasteiger partial charge in [0.05, 0.1) is 26.4 Å². The van der Waals surface area contributed by atoms with Crippen molar-refractivity contribution in [2.24, 2.45) is 0 Å². The summed E-state index contributed by atoms with van der Waals surface area (Å²) >= 11 is 0. The molecule has 3 heterocycles. The van der Waals surface area contributed by atoms with Gasteiger partial charge < -0.3 is 24.6 Å². The Morgan fingerprint density at radius 1 is 0.897 bits per heavy atom. The molecule has 152 valence electrons. The first-order valence-electron chi connectivity index (χ1n) is 9.68. The van der Waals surface area contributed by atoms with E-state index in [2.05, 4.69) is 21.7 Å². The van der Waals surface area contributed by atoms with Crippen molar-refractivity contribution in [1.82, 2.24) is 15.0 Å². The van der Waals surface area contributed by atoms with Crippen molar-refractivity contribution in [3.05, 3.63) is 36.9 Å². The fraction of sp³-hybridized carbons (Fsp3) is 0.400. The van der Waals surface area contributed by atoms with Crippen molar-refractivity contribution in [2.75, 3.05) is 67.7 Å². The van der Waals surface area contributed by atoms with Crippen molar-refractivity contribution in [1.29, 1.82) is 0 Å². The number of nitrogens with zero attached hydrogens (tertiary/aromatic N) is 5. The zero-order valence-electron chi connectivity index (χ0n) is 16.2. The maximum absolute atomic E-state index is 11.5. The zero-order valence-corrected chi connectivity index (χ0v) is 16.2. The molecule has 0 radical (unpaired) electrons. The van der Waals surface area contributed by atoms with E-state index < -0.39 is 0 Å². The van der Waals surface area contributed by atoms with Gasteiger partial charge in [-0.1, -0.05) is 6.58 Å². The van der Waals surface area contributed by atoms with Gasteiger partial charge in [-0.15, -0.1) is 0 Å². The first-order chi connectivity index (χ1) is 14.2. The molecular formula is C20H24N6O3. The van der Waals surface area contributed by atoms with Crippen LogP contribution in [0, 0.1) is 0 Å². The summed E-state index contributed by atoms with van der Waals surface area (Å²) in [5.74, 6) is 1.67. The summed E-state index contributed by atoms with van der Waals surface area (Å²) in [6.45, 7) is 9.09. The van der Waals surface area contributed by atoms with Crippen molar-refractivity contribution in [2.45, 2.75) is 0 Å². The van der Waals surface area contributed by atoms with Gasteiger partial charge in [-0.2, -0.15) is 15.0 Å². The van der Waals surface area contributed by atoms with E-state index in [1.807, 2.05) is 24.3 Å². The van der Waals surface area contributed by atoms with Crippen molar-refractivity contribution < 1.29 is 14.3 Å². The molecule has 2 fully saturated rings. The van der Waals surface area contributed by atoms with Crippen LogP contribution < -0.4 is 15.1 Å². The summed E-state index contributed by atoms with van der Waals surface area (Å²) in [5.41, 5.74) is 1.54. The lowest BCUT2D eigenvalue weighted by Gasteiger charge is -2.30. The van der Waals surface area contributed by atoms with Crippen LogP contribution in [0.5, 0.6) is 0 Å². The Bertz CT molecular complexity index is 825. The van der Waals surface area contributed by atoms with Gasteiger partial charge in [0.1, 0.15) is 0 Å². The number of benzene rings is 1. The van der Waals surface area contributed by atoms with Gasteiger partial charge in [0, 0.05) is 37.4 Å². The zero-order chi connectivity index (χ0) is 20.1. The van der Waals surface area contributed by atoms with Gasteiger partial charge in [0.2, 0.25) is 17.8 Å². The van der Waals surface area contributed by atoms with E-state index in [-0.39, 0.29) is 5.91 Å². The average Bonchev–Trinajstić information content (AvgIpc) is 2.80. The molecule has 1 aromatic carbocycles. The van der Waals surface area contributed by atoms with E-state index in [9.17, 15) is 4.79 Å². The van der Waals surface area contributed by atoms with E-state index in [1.165, 1.54) is 6.08 Å². The van der Waals surface area contributed by atoms with Crippen LogP contribution in [-0.2, 0) is 14.3 Å². The lowest BCUT2D eigenvalue weighted by molar-refractivity contribution is -0.111. The van der Waals surface area contributed by atoms with Crippen molar-refractivity contribution in [3.63, 3.8) is 0 Å². The number of rotatable bonds is 5. The third kappa shape index (κ3) is 4.69. The van der Waals surface area contributed by atoms with Crippen LogP contribution in [0.2, 0.25) is 0 Å². The SMILES string of the molecule is C=CC(=O)Nc1ccc(-c2nc(N3CCOCC3)nc(N3CCOCC3)n2)cc1. The molecule has 1 N–H and O–H groups in total. The smallest absolute Gasteiger partial charge is 0.247 e. The number of hydrogen-bond acceptors (Lipinski definition) is 8. The summed E-state index contributed by atoms with van der Waals surface area (Å²) < 4.78 is 10.9. The van der Waals surface area contributed by atoms with Crippen LogP contribution in [0.3, 0.4) is 0 Å². The van der Waals surface area contributed by atoms with Gasteiger partial charge in [-0.05, 0) is 30.3 Å². The van der Waals surface area contributed by atoms with Crippen LogP contribution in [0.4, 0.5) is 17.6 Å². The highest BCUT2D eigenvalue weighted by Crippen LogP contribution is 2.24. The Hall–Kier alpha value is -3.04. The van der Waals surface area contributed by atoms with Gasteiger partial charge in [0.15, 0.2) is 5.82 Å². The number of carbonyl (C=O) groups is 1. The maximum Gasteiger partial charge on any atom is 0.247 e. The van der Waals surface area contributed by atoms with Gasteiger partial charge >= 0.3 is 0 Å². The number of morpholine rings is 2. The van der Waals surface area contributed by atoms with Gasteiger partial charge in [-0.3, -0.25) is 4.79 Å². The number of carbonyl (C=O) groups excluding carboxylic acids is 1. The molecule has 0 bridgehead atoms. The predicted octanol–water partition coefficient (Wildman–Crippen LogP) is 1.34. The fourth-order valence-electron chi connectivity index (χ4n) is 3.19. The third-order valence-corrected chi connectivity index (χ3v) is 4.80. The second-order valence-electron chi connectivity index (χ2n) is 6.73. The Kier molecular flexibility index (Phi) is 5.97. The molecule has 2 aliphatic heterocycles. The molecule has 2 saturated heterocycles. The molecule has 2 aliphatic rings.